The number of benzene rings is 2. The molecule has 92 valence electrons. The molecule has 3 aromatic rings. The molecule has 0 aliphatic rings. The Balaban J connectivity index is 2.41. The Morgan fingerprint density at radius 3 is 2.67 bits per heavy atom. The Morgan fingerprint density at radius 1 is 1.11 bits per heavy atom. The van der Waals surface area contributed by atoms with Crippen LogP contribution >= 0.6 is 15.9 Å². The fourth-order valence-electron chi connectivity index (χ4n) is 2.43. The molecule has 0 radical (unpaired) electrons. The number of hydrogen-bond donors (Lipinski definition) is 0. The van der Waals surface area contributed by atoms with Crippen molar-refractivity contribution in [1.82, 2.24) is 4.57 Å². The Kier molecular flexibility index (Phi) is 2.78. The molecular weight excluding hydrogens is 290 g/mol. The van der Waals surface area contributed by atoms with Gasteiger partial charge in [-0.2, -0.15) is 0 Å². The third-order valence-electron chi connectivity index (χ3n) is 3.27. The van der Waals surface area contributed by atoms with Gasteiger partial charge in [0.15, 0.2) is 0 Å². The van der Waals surface area contributed by atoms with Crippen molar-refractivity contribution in [3.05, 3.63) is 40.9 Å². The molecule has 0 aliphatic carbocycles. The maximum Gasteiger partial charge on any atom is 0.135 e. The summed E-state index contributed by atoms with van der Waals surface area (Å²) in [5.41, 5.74) is 2.44. The lowest BCUT2D eigenvalue weighted by molar-refractivity contribution is 0.338. The average Bonchev–Trinajstić information content (AvgIpc) is 2.65. The second-order valence-electron chi connectivity index (χ2n) is 4.31. The van der Waals surface area contributed by atoms with Crippen LogP contribution in [0.1, 0.15) is 6.92 Å². The van der Waals surface area contributed by atoms with Crippen molar-refractivity contribution in [1.29, 1.82) is 0 Å². The number of nitrogens with zero attached hydrogens (tertiary/aromatic N) is 1. The van der Waals surface area contributed by atoms with Gasteiger partial charge in [0.25, 0.3) is 0 Å². The second-order valence-corrected chi connectivity index (χ2v) is 5.16. The van der Waals surface area contributed by atoms with Gasteiger partial charge in [-0.25, -0.2) is 0 Å². The van der Waals surface area contributed by atoms with E-state index in [1.807, 2.05) is 6.92 Å². The highest BCUT2D eigenvalue weighted by atomic mass is 79.9. The van der Waals surface area contributed by atoms with Gasteiger partial charge in [0.05, 0.1) is 16.6 Å². The normalized spacial score (nSPS) is 11.3. The molecule has 3 heteroatoms. The molecule has 0 atom stereocenters. The van der Waals surface area contributed by atoms with Crippen molar-refractivity contribution < 1.29 is 4.74 Å². The summed E-state index contributed by atoms with van der Waals surface area (Å²) in [7, 11) is 2.09. The van der Waals surface area contributed by atoms with E-state index in [9.17, 15) is 0 Å². The number of para-hydroxylation sites is 1. The van der Waals surface area contributed by atoms with Crippen molar-refractivity contribution in [2.24, 2.45) is 7.05 Å². The number of ether oxygens (including phenoxy) is 1. The quantitative estimate of drug-likeness (QED) is 0.680. The van der Waals surface area contributed by atoms with Crippen LogP contribution in [0.25, 0.3) is 21.8 Å². The molecule has 1 aromatic heterocycles. The SMILES string of the molecule is CCOc1cc2c(cc1Br)c1ccccc1n2C. The summed E-state index contributed by atoms with van der Waals surface area (Å²) in [6.07, 6.45) is 0. The molecule has 0 saturated carbocycles. The zero-order valence-corrected chi connectivity index (χ0v) is 12.0. The Bertz CT molecular complexity index is 730. The van der Waals surface area contributed by atoms with Gasteiger partial charge in [0.2, 0.25) is 0 Å². The summed E-state index contributed by atoms with van der Waals surface area (Å²) in [6.45, 7) is 2.67. The van der Waals surface area contributed by atoms with Crippen LogP contribution in [-0.4, -0.2) is 11.2 Å². The molecule has 0 spiro atoms. The van der Waals surface area contributed by atoms with Crippen LogP contribution in [0, 0.1) is 0 Å². The van der Waals surface area contributed by atoms with E-state index in [1.54, 1.807) is 0 Å². The van der Waals surface area contributed by atoms with Gasteiger partial charge in [-0.3, -0.25) is 0 Å². The topological polar surface area (TPSA) is 14.2 Å². The predicted molar refractivity (Wildman–Crippen MR) is 79.3 cm³/mol. The zero-order valence-electron chi connectivity index (χ0n) is 10.4. The second kappa shape index (κ2) is 4.32. The largest absolute Gasteiger partial charge is 0.493 e. The van der Waals surface area contributed by atoms with Gasteiger partial charge in [0.1, 0.15) is 5.75 Å². The van der Waals surface area contributed by atoms with Crippen LogP contribution < -0.4 is 4.74 Å². The van der Waals surface area contributed by atoms with E-state index in [2.05, 4.69) is 63.9 Å². The molecule has 2 aromatic carbocycles. The molecule has 2 nitrogen and oxygen atoms in total. The van der Waals surface area contributed by atoms with Gasteiger partial charge in [-0.15, -0.1) is 0 Å². The average molecular weight is 304 g/mol. The molecule has 0 bridgehead atoms. The number of halogens is 1. The lowest BCUT2D eigenvalue weighted by Gasteiger charge is -2.06. The highest BCUT2D eigenvalue weighted by molar-refractivity contribution is 9.10. The van der Waals surface area contributed by atoms with Crippen molar-refractivity contribution in [3.63, 3.8) is 0 Å². The van der Waals surface area contributed by atoms with Crippen molar-refractivity contribution in [2.45, 2.75) is 6.92 Å². The van der Waals surface area contributed by atoms with Crippen LogP contribution in [0.3, 0.4) is 0 Å². The predicted octanol–water partition coefficient (Wildman–Crippen LogP) is 4.49. The monoisotopic (exact) mass is 303 g/mol. The third-order valence-corrected chi connectivity index (χ3v) is 3.89. The molecule has 1 heterocycles. The summed E-state index contributed by atoms with van der Waals surface area (Å²) >= 11 is 3.58. The van der Waals surface area contributed by atoms with E-state index in [0.717, 1.165) is 10.2 Å². The smallest absolute Gasteiger partial charge is 0.135 e. The highest BCUT2D eigenvalue weighted by Gasteiger charge is 2.11. The third kappa shape index (κ3) is 1.62. The number of rotatable bonds is 2. The number of aromatic nitrogens is 1. The molecule has 0 unspecified atom stereocenters. The number of fused-ring (bicyclic) bond motifs is 3. The number of hydrogen-bond acceptors (Lipinski definition) is 1. The summed E-state index contributed by atoms with van der Waals surface area (Å²) in [4.78, 5) is 0. The Hall–Kier alpha value is -1.48. The summed E-state index contributed by atoms with van der Waals surface area (Å²) in [5.74, 6) is 0.899. The van der Waals surface area contributed by atoms with Crippen LogP contribution in [0.4, 0.5) is 0 Å². The molecule has 0 N–H and O–H groups in total. The lowest BCUT2D eigenvalue weighted by atomic mass is 10.1. The summed E-state index contributed by atoms with van der Waals surface area (Å²) in [5, 5.41) is 2.53. The first-order valence-corrected chi connectivity index (χ1v) is 6.81. The minimum atomic E-state index is 0.675. The van der Waals surface area contributed by atoms with Crippen LogP contribution in [0.2, 0.25) is 0 Å². The van der Waals surface area contributed by atoms with Crippen LogP contribution in [-0.2, 0) is 7.05 Å². The minimum Gasteiger partial charge on any atom is -0.493 e. The molecule has 0 fully saturated rings. The fraction of sp³-hybridized carbons (Fsp3) is 0.200. The molecule has 0 saturated heterocycles. The highest BCUT2D eigenvalue weighted by Crippen LogP contribution is 2.35. The summed E-state index contributed by atoms with van der Waals surface area (Å²) in [6, 6.07) is 12.7. The zero-order chi connectivity index (χ0) is 12.7. The molecule has 0 aliphatic heterocycles. The lowest BCUT2D eigenvalue weighted by Crippen LogP contribution is -1.93. The summed E-state index contributed by atoms with van der Waals surface area (Å²) < 4.78 is 8.85. The van der Waals surface area contributed by atoms with Crippen molar-refractivity contribution in [2.75, 3.05) is 6.61 Å². The maximum atomic E-state index is 5.64. The van der Waals surface area contributed by atoms with Gasteiger partial charge in [0, 0.05) is 29.4 Å². The van der Waals surface area contributed by atoms with E-state index < -0.39 is 0 Å². The van der Waals surface area contributed by atoms with Crippen molar-refractivity contribution >= 4 is 37.7 Å². The minimum absolute atomic E-state index is 0.675. The fourth-order valence-corrected chi connectivity index (χ4v) is 2.88. The van der Waals surface area contributed by atoms with Gasteiger partial charge in [-0.05, 0) is 35.0 Å². The molecule has 18 heavy (non-hydrogen) atoms. The first-order valence-electron chi connectivity index (χ1n) is 6.02. The Morgan fingerprint density at radius 2 is 1.89 bits per heavy atom. The van der Waals surface area contributed by atoms with Gasteiger partial charge in [-0.1, -0.05) is 18.2 Å². The van der Waals surface area contributed by atoms with E-state index >= 15 is 0 Å². The van der Waals surface area contributed by atoms with Crippen LogP contribution in [0.5, 0.6) is 5.75 Å². The maximum absolute atomic E-state index is 5.64. The van der Waals surface area contributed by atoms with Gasteiger partial charge < -0.3 is 9.30 Å². The van der Waals surface area contributed by atoms with E-state index in [4.69, 9.17) is 4.74 Å². The van der Waals surface area contributed by atoms with Crippen LogP contribution in [0.15, 0.2) is 40.9 Å². The van der Waals surface area contributed by atoms with E-state index in [0.29, 0.717) is 6.61 Å². The van der Waals surface area contributed by atoms with Crippen molar-refractivity contribution in [3.8, 4) is 5.75 Å². The Labute approximate surface area is 114 Å². The van der Waals surface area contributed by atoms with Gasteiger partial charge >= 0.3 is 0 Å². The standard InChI is InChI=1S/C15H14BrNO/c1-3-18-15-9-14-11(8-12(15)16)10-6-4-5-7-13(10)17(14)2/h4-9H,3H2,1-2H3. The molecular formula is C15H14BrNO. The first kappa shape index (κ1) is 11.6. The molecule has 0 amide bonds. The van der Waals surface area contributed by atoms with E-state index in [1.165, 1.54) is 21.8 Å². The number of aryl methyl sites for hydroxylation is 1. The van der Waals surface area contributed by atoms with E-state index in [-0.39, 0.29) is 0 Å². The first-order chi connectivity index (χ1) is 8.72. The molecule has 3 rings (SSSR count).